The molecule has 0 radical (unpaired) electrons. The highest BCUT2D eigenvalue weighted by molar-refractivity contribution is 9.10. The molecule has 0 unspecified atom stereocenters. The van der Waals surface area contributed by atoms with Gasteiger partial charge in [0.15, 0.2) is 6.61 Å². The molecule has 4 nitrogen and oxygen atoms in total. The molecule has 0 atom stereocenters. The molecule has 1 heterocycles. The van der Waals surface area contributed by atoms with E-state index in [1.807, 2.05) is 12.1 Å². The number of ether oxygens (including phenoxy) is 1. The highest BCUT2D eigenvalue weighted by Crippen LogP contribution is 2.28. The van der Waals surface area contributed by atoms with Gasteiger partial charge in [0.25, 0.3) is 0 Å². The molecule has 1 aliphatic rings. The highest BCUT2D eigenvalue weighted by Gasteiger charge is 2.14. The van der Waals surface area contributed by atoms with E-state index in [1.165, 1.54) is 18.4 Å². The third kappa shape index (κ3) is 5.31. The second kappa shape index (κ2) is 8.49. The number of rotatable bonds is 5. The molecule has 1 aromatic carbocycles. The number of hydrogen-bond acceptors (Lipinski definition) is 3. The average molecular weight is 365 g/mol. The number of carboxylic acids is 1. The second-order valence-electron chi connectivity index (χ2n) is 4.84. The van der Waals surface area contributed by atoms with Gasteiger partial charge in [-0.15, -0.1) is 12.4 Å². The summed E-state index contributed by atoms with van der Waals surface area (Å²) in [6.07, 6.45) is 3.42. The van der Waals surface area contributed by atoms with Crippen LogP contribution in [0.4, 0.5) is 0 Å². The molecule has 0 aromatic heterocycles. The van der Waals surface area contributed by atoms with Gasteiger partial charge in [-0.05, 0) is 71.9 Å². The fourth-order valence-corrected chi connectivity index (χ4v) is 2.71. The van der Waals surface area contributed by atoms with Crippen molar-refractivity contribution in [1.29, 1.82) is 0 Å². The van der Waals surface area contributed by atoms with E-state index in [0.717, 1.165) is 24.0 Å². The van der Waals surface area contributed by atoms with Gasteiger partial charge in [0, 0.05) is 0 Å². The summed E-state index contributed by atoms with van der Waals surface area (Å²) in [5.41, 5.74) is 1.20. The number of nitrogens with one attached hydrogen (secondary N) is 1. The average Bonchev–Trinajstić information content (AvgIpc) is 2.40. The predicted molar refractivity (Wildman–Crippen MR) is 83.8 cm³/mol. The van der Waals surface area contributed by atoms with E-state index >= 15 is 0 Å². The third-order valence-electron chi connectivity index (χ3n) is 3.33. The molecule has 1 fully saturated rings. The number of aliphatic carboxylic acids is 1. The number of benzene rings is 1. The monoisotopic (exact) mass is 363 g/mol. The molecule has 0 bridgehead atoms. The third-order valence-corrected chi connectivity index (χ3v) is 3.98. The molecule has 1 aromatic rings. The molecule has 0 aliphatic carbocycles. The van der Waals surface area contributed by atoms with E-state index in [2.05, 4.69) is 27.3 Å². The Morgan fingerprint density at radius 2 is 2.10 bits per heavy atom. The van der Waals surface area contributed by atoms with E-state index < -0.39 is 5.97 Å². The first kappa shape index (κ1) is 17.3. The number of carboxylic acid groups (broad SMARTS) is 1. The number of piperidine rings is 1. The smallest absolute Gasteiger partial charge is 0.341 e. The molecule has 2 N–H and O–H groups in total. The van der Waals surface area contributed by atoms with Crippen molar-refractivity contribution >= 4 is 34.3 Å². The van der Waals surface area contributed by atoms with Crippen LogP contribution < -0.4 is 10.1 Å². The maximum atomic E-state index is 10.5. The first-order valence-corrected chi connectivity index (χ1v) is 7.28. The van der Waals surface area contributed by atoms with Gasteiger partial charge >= 0.3 is 5.97 Å². The first-order chi connectivity index (χ1) is 9.15. The molecule has 6 heteroatoms. The van der Waals surface area contributed by atoms with Gasteiger partial charge in [0.05, 0.1) is 4.47 Å². The Balaban J connectivity index is 0.00000200. The first-order valence-electron chi connectivity index (χ1n) is 6.49. The van der Waals surface area contributed by atoms with Crippen LogP contribution in [-0.2, 0) is 11.2 Å². The van der Waals surface area contributed by atoms with Crippen molar-refractivity contribution in [3.8, 4) is 5.75 Å². The molecular weight excluding hydrogens is 346 g/mol. The van der Waals surface area contributed by atoms with Crippen molar-refractivity contribution in [2.24, 2.45) is 5.92 Å². The summed E-state index contributed by atoms with van der Waals surface area (Å²) in [6.45, 7) is 1.86. The number of carbonyl (C=O) groups is 1. The van der Waals surface area contributed by atoms with Crippen LogP contribution >= 0.6 is 28.3 Å². The summed E-state index contributed by atoms with van der Waals surface area (Å²) < 4.78 is 6.06. The van der Waals surface area contributed by atoms with Crippen LogP contribution in [0.3, 0.4) is 0 Å². The Morgan fingerprint density at radius 3 is 2.75 bits per heavy atom. The van der Waals surface area contributed by atoms with Crippen LogP contribution in [0, 0.1) is 5.92 Å². The standard InChI is InChI=1S/C14H18BrNO3.ClH/c15-12-2-1-11(7-10-3-5-16-6-4-10)8-13(12)19-9-14(17)18;/h1-2,8,10,16H,3-7,9H2,(H,17,18);1H. The van der Waals surface area contributed by atoms with Crippen molar-refractivity contribution in [3.05, 3.63) is 28.2 Å². The molecule has 0 saturated carbocycles. The van der Waals surface area contributed by atoms with Crippen LogP contribution in [0.1, 0.15) is 18.4 Å². The van der Waals surface area contributed by atoms with E-state index in [-0.39, 0.29) is 19.0 Å². The quantitative estimate of drug-likeness (QED) is 0.843. The van der Waals surface area contributed by atoms with E-state index in [1.54, 1.807) is 0 Å². The molecule has 112 valence electrons. The molecular formula is C14H19BrClNO3. The lowest BCUT2D eigenvalue weighted by molar-refractivity contribution is -0.139. The van der Waals surface area contributed by atoms with Gasteiger partial charge < -0.3 is 15.2 Å². The fourth-order valence-electron chi connectivity index (χ4n) is 2.34. The van der Waals surface area contributed by atoms with Crippen LogP contribution in [0.5, 0.6) is 5.75 Å². The van der Waals surface area contributed by atoms with Crippen molar-refractivity contribution < 1.29 is 14.6 Å². The molecule has 1 aliphatic heterocycles. The van der Waals surface area contributed by atoms with Crippen LogP contribution in [-0.4, -0.2) is 30.8 Å². The van der Waals surface area contributed by atoms with E-state index in [9.17, 15) is 4.79 Å². The van der Waals surface area contributed by atoms with Crippen LogP contribution in [0.15, 0.2) is 22.7 Å². The summed E-state index contributed by atoms with van der Waals surface area (Å²) in [5.74, 6) is 0.347. The van der Waals surface area contributed by atoms with E-state index in [4.69, 9.17) is 9.84 Å². The van der Waals surface area contributed by atoms with Crippen molar-refractivity contribution in [2.45, 2.75) is 19.3 Å². The van der Waals surface area contributed by atoms with Gasteiger partial charge in [-0.25, -0.2) is 4.79 Å². The number of halogens is 2. The predicted octanol–water partition coefficient (Wildman–Crippen LogP) is 2.88. The maximum absolute atomic E-state index is 10.5. The zero-order chi connectivity index (χ0) is 13.7. The Hall–Kier alpha value is -0.780. The van der Waals surface area contributed by atoms with Gasteiger partial charge in [-0.2, -0.15) is 0 Å². The SMILES string of the molecule is Cl.O=C(O)COc1cc(CC2CCNCC2)ccc1Br. The summed E-state index contributed by atoms with van der Waals surface area (Å²) in [4.78, 5) is 10.5. The van der Waals surface area contributed by atoms with Gasteiger partial charge in [0.1, 0.15) is 5.75 Å². The lowest BCUT2D eigenvalue weighted by Crippen LogP contribution is -2.28. The minimum Gasteiger partial charge on any atom is -0.481 e. The van der Waals surface area contributed by atoms with Crippen molar-refractivity contribution in [1.82, 2.24) is 5.32 Å². The lowest BCUT2D eigenvalue weighted by Gasteiger charge is -2.22. The van der Waals surface area contributed by atoms with Gasteiger partial charge in [-0.3, -0.25) is 0 Å². The normalized spacial score (nSPS) is 15.4. The molecule has 0 amide bonds. The minimum absolute atomic E-state index is 0. The Labute approximate surface area is 133 Å². The molecule has 1 saturated heterocycles. The zero-order valence-corrected chi connectivity index (χ0v) is 13.5. The topological polar surface area (TPSA) is 58.6 Å². The molecule has 20 heavy (non-hydrogen) atoms. The fraction of sp³-hybridized carbons (Fsp3) is 0.500. The van der Waals surface area contributed by atoms with Gasteiger partial charge in [-0.1, -0.05) is 6.07 Å². The highest BCUT2D eigenvalue weighted by atomic mass is 79.9. The summed E-state index contributed by atoms with van der Waals surface area (Å²) in [5, 5.41) is 12.0. The number of hydrogen-bond donors (Lipinski definition) is 2. The lowest BCUT2D eigenvalue weighted by atomic mass is 9.91. The zero-order valence-electron chi connectivity index (χ0n) is 11.1. The molecule has 0 spiro atoms. The van der Waals surface area contributed by atoms with Crippen molar-refractivity contribution in [2.75, 3.05) is 19.7 Å². The summed E-state index contributed by atoms with van der Waals surface area (Å²) in [7, 11) is 0. The summed E-state index contributed by atoms with van der Waals surface area (Å²) >= 11 is 3.38. The van der Waals surface area contributed by atoms with Gasteiger partial charge in [0.2, 0.25) is 0 Å². The maximum Gasteiger partial charge on any atom is 0.341 e. The Kier molecular flexibility index (Phi) is 7.34. The second-order valence-corrected chi connectivity index (χ2v) is 5.70. The largest absolute Gasteiger partial charge is 0.481 e. The van der Waals surface area contributed by atoms with Crippen LogP contribution in [0.2, 0.25) is 0 Å². The van der Waals surface area contributed by atoms with Crippen molar-refractivity contribution in [3.63, 3.8) is 0 Å². The Bertz CT molecular complexity index is 450. The summed E-state index contributed by atoms with van der Waals surface area (Å²) in [6, 6.07) is 5.93. The minimum atomic E-state index is -0.962. The van der Waals surface area contributed by atoms with Crippen LogP contribution in [0.25, 0.3) is 0 Å². The molecule has 2 rings (SSSR count). The van der Waals surface area contributed by atoms with E-state index in [0.29, 0.717) is 11.7 Å². The Morgan fingerprint density at radius 1 is 1.40 bits per heavy atom.